The van der Waals surface area contributed by atoms with Crippen LogP contribution < -0.4 is 15.0 Å². The molecule has 0 unspecified atom stereocenters. The lowest BCUT2D eigenvalue weighted by atomic mass is 10.2. The molecule has 0 saturated carbocycles. The van der Waals surface area contributed by atoms with Crippen molar-refractivity contribution in [1.82, 2.24) is 4.98 Å². The fourth-order valence-corrected chi connectivity index (χ4v) is 2.65. The molecule has 1 aliphatic rings. The van der Waals surface area contributed by atoms with Crippen LogP contribution in [0.2, 0.25) is 0 Å². The third-order valence-corrected chi connectivity index (χ3v) is 3.78. The van der Waals surface area contributed by atoms with Gasteiger partial charge in [0.05, 0.1) is 19.3 Å². The van der Waals surface area contributed by atoms with E-state index in [1.165, 1.54) is 31.6 Å². The number of pyridine rings is 1. The molecule has 1 aliphatic heterocycles. The molecule has 1 aromatic heterocycles. The minimum absolute atomic E-state index is 0.653. The summed E-state index contributed by atoms with van der Waals surface area (Å²) in [6.45, 7) is 3.03. The van der Waals surface area contributed by atoms with Gasteiger partial charge in [-0.3, -0.25) is 0 Å². The molecule has 1 fully saturated rings. The number of hydrogen-bond donors (Lipinski definition) is 1. The van der Waals surface area contributed by atoms with Gasteiger partial charge in [-0.25, -0.2) is 4.98 Å². The second-order valence-electron chi connectivity index (χ2n) is 5.27. The second-order valence-corrected chi connectivity index (χ2v) is 5.27. The molecule has 0 spiro atoms. The van der Waals surface area contributed by atoms with Crippen LogP contribution in [0.5, 0.6) is 5.88 Å². The summed E-state index contributed by atoms with van der Waals surface area (Å²) in [5.41, 5.74) is 3.40. The van der Waals surface area contributed by atoms with Crippen molar-refractivity contribution in [3.63, 3.8) is 0 Å². The van der Waals surface area contributed by atoms with Crippen molar-refractivity contribution in [3.05, 3.63) is 48.2 Å². The van der Waals surface area contributed by atoms with E-state index in [1.807, 2.05) is 18.2 Å². The third kappa shape index (κ3) is 3.45. The molecule has 110 valence electrons. The highest BCUT2D eigenvalue weighted by Gasteiger charge is 2.12. The number of rotatable bonds is 5. The molecular formula is C17H21N3O. The molecule has 0 bridgehead atoms. The summed E-state index contributed by atoms with van der Waals surface area (Å²) in [5, 5.41) is 3.43. The Balaban J connectivity index is 1.65. The van der Waals surface area contributed by atoms with E-state index in [2.05, 4.69) is 39.5 Å². The van der Waals surface area contributed by atoms with Crippen LogP contribution in [-0.4, -0.2) is 25.2 Å². The van der Waals surface area contributed by atoms with Gasteiger partial charge in [-0.15, -0.1) is 0 Å². The smallest absolute Gasteiger partial charge is 0.213 e. The van der Waals surface area contributed by atoms with Crippen LogP contribution in [0.25, 0.3) is 0 Å². The highest BCUT2D eigenvalue weighted by molar-refractivity contribution is 5.58. The average Bonchev–Trinajstić information content (AvgIpc) is 3.08. The van der Waals surface area contributed by atoms with Crippen LogP contribution in [0.4, 0.5) is 11.4 Å². The summed E-state index contributed by atoms with van der Waals surface area (Å²) in [6, 6.07) is 14.4. The molecule has 1 saturated heterocycles. The van der Waals surface area contributed by atoms with Gasteiger partial charge in [-0.1, -0.05) is 12.1 Å². The SMILES string of the molecule is COc1cccc(CNc2cccc(N3CCCC3)c2)n1. The van der Waals surface area contributed by atoms with Gasteiger partial charge < -0.3 is 15.0 Å². The van der Waals surface area contributed by atoms with E-state index < -0.39 is 0 Å². The lowest BCUT2D eigenvalue weighted by Crippen LogP contribution is -2.17. The molecule has 0 amide bonds. The van der Waals surface area contributed by atoms with Crippen molar-refractivity contribution in [1.29, 1.82) is 0 Å². The highest BCUT2D eigenvalue weighted by Crippen LogP contribution is 2.23. The molecule has 1 N–H and O–H groups in total. The highest BCUT2D eigenvalue weighted by atomic mass is 16.5. The fourth-order valence-electron chi connectivity index (χ4n) is 2.65. The Kier molecular flexibility index (Phi) is 4.24. The van der Waals surface area contributed by atoms with Gasteiger partial charge in [0.25, 0.3) is 0 Å². The quantitative estimate of drug-likeness (QED) is 0.913. The summed E-state index contributed by atoms with van der Waals surface area (Å²) in [7, 11) is 1.64. The van der Waals surface area contributed by atoms with E-state index in [4.69, 9.17) is 4.74 Å². The summed E-state index contributed by atoms with van der Waals surface area (Å²) in [4.78, 5) is 6.85. The molecule has 2 aromatic rings. The molecule has 4 heteroatoms. The number of anilines is 2. The summed E-state index contributed by atoms with van der Waals surface area (Å²) >= 11 is 0. The molecule has 3 rings (SSSR count). The Morgan fingerprint density at radius 3 is 2.76 bits per heavy atom. The maximum absolute atomic E-state index is 5.15. The predicted molar refractivity (Wildman–Crippen MR) is 86.0 cm³/mol. The van der Waals surface area contributed by atoms with E-state index >= 15 is 0 Å². The van der Waals surface area contributed by atoms with Gasteiger partial charge in [-0.2, -0.15) is 0 Å². The van der Waals surface area contributed by atoms with Crippen LogP contribution >= 0.6 is 0 Å². The number of nitrogens with one attached hydrogen (secondary N) is 1. The Hall–Kier alpha value is -2.23. The standard InChI is InChI=1S/C17H21N3O/c1-21-17-9-5-7-15(19-17)13-18-14-6-4-8-16(12-14)20-10-2-3-11-20/h4-9,12,18H,2-3,10-11,13H2,1H3. The first-order valence-electron chi connectivity index (χ1n) is 7.44. The zero-order valence-electron chi connectivity index (χ0n) is 12.4. The van der Waals surface area contributed by atoms with Crippen molar-refractivity contribution in [2.45, 2.75) is 19.4 Å². The van der Waals surface area contributed by atoms with E-state index in [1.54, 1.807) is 7.11 Å². The second kappa shape index (κ2) is 6.48. The van der Waals surface area contributed by atoms with Crippen molar-refractivity contribution >= 4 is 11.4 Å². The third-order valence-electron chi connectivity index (χ3n) is 3.78. The maximum Gasteiger partial charge on any atom is 0.213 e. The average molecular weight is 283 g/mol. The zero-order chi connectivity index (χ0) is 14.5. The first kappa shape index (κ1) is 13.7. The maximum atomic E-state index is 5.15. The summed E-state index contributed by atoms with van der Waals surface area (Å²) < 4.78 is 5.15. The van der Waals surface area contributed by atoms with Crippen LogP contribution in [0.1, 0.15) is 18.5 Å². The number of hydrogen-bond acceptors (Lipinski definition) is 4. The fraction of sp³-hybridized carbons (Fsp3) is 0.353. The number of ether oxygens (including phenoxy) is 1. The Bertz CT molecular complexity index is 594. The van der Waals surface area contributed by atoms with Gasteiger partial charge in [-0.05, 0) is 37.1 Å². The van der Waals surface area contributed by atoms with E-state index in [0.29, 0.717) is 12.4 Å². The lowest BCUT2D eigenvalue weighted by Gasteiger charge is -2.18. The van der Waals surface area contributed by atoms with Gasteiger partial charge in [0.15, 0.2) is 0 Å². The molecule has 0 atom stereocenters. The largest absolute Gasteiger partial charge is 0.481 e. The summed E-state index contributed by atoms with van der Waals surface area (Å²) in [6.07, 6.45) is 2.59. The summed E-state index contributed by atoms with van der Waals surface area (Å²) in [5.74, 6) is 0.653. The van der Waals surface area contributed by atoms with Crippen LogP contribution in [-0.2, 0) is 6.54 Å². The predicted octanol–water partition coefficient (Wildman–Crippen LogP) is 3.30. The number of aromatic nitrogens is 1. The number of benzene rings is 1. The Morgan fingerprint density at radius 2 is 1.95 bits per heavy atom. The molecule has 1 aromatic carbocycles. The molecule has 21 heavy (non-hydrogen) atoms. The van der Waals surface area contributed by atoms with Crippen molar-refractivity contribution in [2.75, 3.05) is 30.4 Å². The topological polar surface area (TPSA) is 37.4 Å². The molecule has 0 radical (unpaired) electrons. The van der Waals surface area contributed by atoms with Gasteiger partial charge >= 0.3 is 0 Å². The molecule has 2 heterocycles. The number of nitrogens with zero attached hydrogens (tertiary/aromatic N) is 2. The minimum atomic E-state index is 0.653. The molecule has 0 aliphatic carbocycles. The van der Waals surface area contributed by atoms with Crippen molar-refractivity contribution in [2.24, 2.45) is 0 Å². The lowest BCUT2D eigenvalue weighted by molar-refractivity contribution is 0.396. The molecular weight excluding hydrogens is 262 g/mol. The van der Waals surface area contributed by atoms with Crippen molar-refractivity contribution < 1.29 is 4.74 Å². The Morgan fingerprint density at radius 1 is 1.14 bits per heavy atom. The first-order chi connectivity index (χ1) is 10.3. The monoisotopic (exact) mass is 283 g/mol. The zero-order valence-corrected chi connectivity index (χ0v) is 12.4. The van der Waals surface area contributed by atoms with E-state index in [0.717, 1.165) is 11.4 Å². The van der Waals surface area contributed by atoms with Gasteiger partial charge in [0, 0.05) is 30.5 Å². The first-order valence-corrected chi connectivity index (χ1v) is 7.44. The van der Waals surface area contributed by atoms with Crippen LogP contribution in [0, 0.1) is 0 Å². The minimum Gasteiger partial charge on any atom is -0.481 e. The van der Waals surface area contributed by atoms with Gasteiger partial charge in [0.2, 0.25) is 5.88 Å². The Labute approximate surface area is 125 Å². The number of methoxy groups -OCH3 is 1. The van der Waals surface area contributed by atoms with E-state index in [-0.39, 0.29) is 0 Å². The van der Waals surface area contributed by atoms with Crippen LogP contribution in [0.3, 0.4) is 0 Å². The molecule has 4 nitrogen and oxygen atoms in total. The van der Waals surface area contributed by atoms with Gasteiger partial charge in [0.1, 0.15) is 0 Å². The van der Waals surface area contributed by atoms with Crippen LogP contribution in [0.15, 0.2) is 42.5 Å². The van der Waals surface area contributed by atoms with E-state index in [9.17, 15) is 0 Å². The normalized spacial score (nSPS) is 14.2. The van der Waals surface area contributed by atoms with Crippen molar-refractivity contribution in [3.8, 4) is 5.88 Å².